The number of rotatable bonds is 2. The van der Waals surface area contributed by atoms with E-state index in [4.69, 9.17) is 4.74 Å². The minimum atomic E-state index is -0.549. The highest BCUT2D eigenvalue weighted by molar-refractivity contribution is 6.09. The lowest BCUT2D eigenvalue weighted by molar-refractivity contribution is -0.154. The lowest BCUT2D eigenvalue weighted by Crippen LogP contribution is -2.34. The number of Topliss-reactive ketones (excluding diaryl/α,β-unsaturated/α-hetero) is 2. The van der Waals surface area contributed by atoms with Crippen molar-refractivity contribution >= 4 is 17.5 Å². The molecular weight excluding hydrogens is 268 g/mol. The first kappa shape index (κ1) is 14.5. The number of esters is 1. The molecule has 0 N–H and O–H groups in total. The second kappa shape index (κ2) is 4.79. The van der Waals surface area contributed by atoms with E-state index in [0.717, 1.165) is 0 Å². The van der Waals surface area contributed by atoms with E-state index in [1.807, 2.05) is 13.8 Å². The van der Waals surface area contributed by atoms with Crippen molar-refractivity contribution in [1.29, 1.82) is 0 Å². The summed E-state index contributed by atoms with van der Waals surface area (Å²) in [6.45, 7) is 6.11. The van der Waals surface area contributed by atoms with Gasteiger partial charge >= 0.3 is 5.97 Å². The average Bonchev–Trinajstić information content (AvgIpc) is 2.88. The largest absolute Gasteiger partial charge is 0.466 e. The molecule has 0 heterocycles. The number of ether oxygens (including phenoxy) is 1. The molecule has 0 bridgehead atoms. The molecule has 5 unspecified atom stereocenters. The Morgan fingerprint density at radius 2 is 2.00 bits per heavy atom. The predicted octanol–water partition coefficient (Wildman–Crippen LogP) is 2.32. The first-order valence-corrected chi connectivity index (χ1v) is 7.80. The standard InChI is InChI=1S/C17H22O4/c1-4-21-16(20)17(3)7-10-5-9(2)14-12(18)6-13(19)15(14)11(10)8-17/h5,9,11,14-15H,4,6-8H2,1-3H3. The fourth-order valence-electron chi connectivity index (χ4n) is 4.62. The van der Waals surface area contributed by atoms with Crippen LogP contribution in [-0.4, -0.2) is 24.1 Å². The van der Waals surface area contributed by atoms with Crippen LogP contribution in [0.3, 0.4) is 0 Å². The van der Waals surface area contributed by atoms with Crippen LogP contribution in [0.15, 0.2) is 11.6 Å². The quantitative estimate of drug-likeness (QED) is 0.445. The molecule has 21 heavy (non-hydrogen) atoms. The van der Waals surface area contributed by atoms with Gasteiger partial charge in [0.05, 0.1) is 18.4 Å². The zero-order valence-corrected chi connectivity index (χ0v) is 12.8. The molecule has 0 aromatic heterocycles. The van der Waals surface area contributed by atoms with E-state index >= 15 is 0 Å². The first-order valence-electron chi connectivity index (χ1n) is 7.80. The Kier molecular flexibility index (Phi) is 3.30. The highest BCUT2D eigenvalue weighted by atomic mass is 16.5. The van der Waals surface area contributed by atoms with Crippen molar-refractivity contribution in [2.75, 3.05) is 6.61 Å². The fourth-order valence-corrected chi connectivity index (χ4v) is 4.62. The summed E-state index contributed by atoms with van der Waals surface area (Å²) in [6, 6.07) is 0. The van der Waals surface area contributed by atoms with Crippen LogP contribution in [0.4, 0.5) is 0 Å². The van der Waals surface area contributed by atoms with Crippen LogP contribution in [0, 0.1) is 29.1 Å². The van der Waals surface area contributed by atoms with E-state index in [2.05, 4.69) is 6.08 Å². The van der Waals surface area contributed by atoms with Crippen molar-refractivity contribution < 1.29 is 19.1 Å². The van der Waals surface area contributed by atoms with E-state index in [1.165, 1.54) is 5.57 Å². The number of hydrogen-bond donors (Lipinski definition) is 0. The molecule has 0 radical (unpaired) electrons. The number of carbonyl (C=O) groups is 3. The van der Waals surface area contributed by atoms with Gasteiger partial charge in [-0.1, -0.05) is 18.6 Å². The molecule has 2 saturated carbocycles. The zero-order valence-electron chi connectivity index (χ0n) is 12.8. The molecule has 3 aliphatic carbocycles. The number of hydrogen-bond acceptors (Lipinski definition) is 4. The summed E-state index contributed by atoms with van der Waals surface area (Å²) >= 11 is 0. The maximum atomic E-state index is 12.2. The van der Waals surface area contributed by atoms with Crippen LogP contribution in [0.1, 0.15) is 40.0 Å². The van der Waals surface area contributed by atoms with Gasteiger partial charge in [0.1, 0.15) is 11.6 Å². The second-order valence-corrected chi connectivity index (χ2v) is 7.03. The lowest BCUT2D eigenvalue weighted by Gasteiger charge is -2.32. The third-order valence-electron chi connectivity index (χ3n) is 5.47. The highest BCUT2D eigenvalue weighted by Gasteiger charge is 2.56. The van der Waals surface area contributed by atoms with Crippen LogP contribution in [0.2, 0.25) is 0 Å². The summed E-state index contributed by atoms with van der Waals surface area (Å²) < 4.78 is 5.20. The fraction of sp³-hybridized carbons (Fsp3) is 0.706. The molecule has 3 aliphatic rings. The van der Waals surface area contributed by atoms with Crippen molar-refractivity contribution in [3.63, 3.8) is 0 Å². The molecular formula is C17H22O4. The summed E-state index contributed by atoms with van der Waals surface area (Å²) in [5.74, 6) is -0.247. The minimum absolute atomic E-state index is 0.0551. The second-order valence-electron chi connectivity index (χ2n) is 7.03. The molecule has 0 amide bonds. The van der Waals surface area contributed by atoms with Crippen molar-refractivity contribution in [3.05, 3.63) is 11.6 Å². The molecule has 114 valence electrons. The Morgan fingerprint density at radius 3 is 2.67 bits per heavy atom. The van der Waals surface area contributed by atoms with Crippen LogP contribution in [0.25, 0.3) is 0 Å². The van der Waals surface area contributed by atoms with E-state index < -0.39 is 5.41 Å². The molecule has 3 rings (SSSR count). The van der Waals surface area contributed by atoms with Gasteiger partial charge in [0.25, 0.3) is 0 Å². The maximum Gasteiger partial charge on any atom is 0.312 e. The Labute approximate surface area is 124 Å². The summed E-state index contributed by atoms with van der Waals surface area (Å²) in [5, 5.41) is 0. The molecule has 4 nitrogen and oxygen atoms in total. The van der Waals surface area contributed by atoms with Crippen molar-refractivity contribution in [2.45, 2.75) is 40.0 Å². The van der Waals surface area contributed by atoms with E-state index in [1.54, 1.807) is 6.92 Å². The molecule has 0 aromatic carbocycles. The van der Waals surface area contributed by atoms with Crippen molar-refractivity contribution in [3.8, 4) is 0 Å². The maximum absolute atomic E-state index is 12.2. The van der Waals surface area contributed by atoms with Gasteiger partial charge in [-0.2, -0.15) is 0 Å². The highest BCUT2D eigenvalue weighted by Crippen LogP contribution is 2.56. The smallest absolute Gasteiger partial charge is 0.312 e. The minimum Gasteiger partial charge on any atom is -0.466 e. The number of ketones is 2. The van der Waals surface area contributed by atoms with Gasteiger partial charge in [-0.3, -0.25) is 14.4 Å². The van der Waals surface area contributed by atoms with Crippen LogP contribution < -0.4 is 0 Å². The average molecular weight is 290 g/mol. The summed E-state index contributed by atoms with van der Waals surface area (Å²) in [7, 11) is 0. The number of fused-ring (bicyclic) bond motifs is 3. The van der Waals surface area contributed by atoms with Gasteiger partial charge in [-0.25, -0.2) is 0 Å². The first-order chi connectivity index (χ1) is 9.87. The molecule has 4 heteroatoms. The molecule has 0 aliphatic heterocycles. The third-order valence-corrected chi connectivity index (χ3v) is 5.47. The number of allylic oxidation sites excluding steroid dienone is 2. The van der Waals surface area contributed by atoms with Gasteiger partial charge in [0.15, 0.2) is 0 Å². The Hall–Kier alpha value is -1.45. The van der Waals surface area contributed by atoms with Crippen molar-refractivity contribution in [2.24, 2.45) is 29.1 Å². The van der Waals surface area contributed by atoms with Crippen molar-refractivity contribution in [1.82, 2.24) is 0 Å². The number of carbonyl (C=O) groups excluding carboxylic acids is 3. The van der Waals surface area contributed by atoms with Gasteiger partial charge in [-0.15, -0.1) is 0 Å². The zero-order chi connectivity index (χ0) is 15.4. The molecule has 2 fully saturated rings. The molecule has 0 aromatic rings. The van der Waals surface area contributed by atoms with Gasteiger partial charge < -0.3 is 4.74 Å². The third kappa shape index (κ3) is 2.07. The van der Waals surface area contributed by atoms with Crippen LogP contribution in [0.5, 0.6) is 0 Å². The Balaban J connectivity index is 1.92. The van der Waals surface area contributed by atoms with Gasteiger partial charge in [-0.05, 0) is 38.5 Å². The monoisotopic (exact) mass is 290 g/mol. The van der Waals surface area contributed by atoms with Gasteiger partial charge in [0, 0.05) is 11.8 Å². The predicted molar refractivity (Wildman–Crippen MR) is 76.3 cm³/mol. The normalized spacial score (nSPS) is 41.6. The summed E-state index contributed by atoms with van der Waals surface area (Å²) in [5.41, 5.74) is 0.634. The summed E-state index contributed by atoms with van der Waals surface area (Å²) in [4.78, 5) is 36.6. The SMILES string of the molecule is CCOC(=O)C1(C)CC2=CC(C)C3C(=O)CC(=O)C3C2C1. The molecule has 0 spiro atoms. The van der Waals surface area contributed by atoms with E-state index in [0.29, 0.717) is 19.4 Å². The van der Waals surface area contributed by atoms with Crippen LogP contribution >= 0.6 is 0 Å². The molecule has 5 atom stereocenters. The van der Waals surface area contributed by atoms with Gasteiger partial charge in [0.2, 0.25) is 0 Å². The Morgan fingerprint density at radius 1 is 1.33 bits per heavy atom. The van der Waals surface area contributed by atoms with E-state index in [-0.39, 0.29) is 47.6 Å². The molecule has 0 saturated heterocycles. The Bertz CT molecular complexity index is 547. The lowest BCUT2D eigenvalue weighted by atomic mass is 9.69. The topological polar surface area (TPSA) is 60.4 Å². The van der Waals surface area contributed by atoms with Crippen LogP contribution in [-0.2, 0) is 19.1 Å². The summed E-state index contributed by atoms with van der Waals surface area (Å²) in [6.07, 6.45) is 3.50. The van der Waals surface area contributed by atoms with E-state index in [9.17, 15) is 14.4 Å².